The van der Waals surface area contributed by atoms with E-state index in [4.69, 9.17) is 4.74 Å². The molecule has 2 bridgehead atoms. The minimum absolute atomic E-state index is 0.279. The van der Waals surface area contributed by atoms with Gasteiger partial charge in [-0.2, -0.15) is 0 Å². The molecule has 0 amide bonds. The van der Waals surface area contributed by atoms with Gasteiger partial charge in [0.2, 0.25) is 0 Å². The molecule has 3 aliphatic carbocycles. The van der Waals surface area contributed by atoms with Crippen molar-refractivity contribution in [2.24, 2.45) is 23.7 Å². The highest BCUT2D eigenvalue weighted by molar-refractivity contribution is 5.38. The minimum atomic E-state index is 0.279. The van der Waals surface area contributed by atoms with E-state index < -0.39 is 0 Å². The van der Waals surface area contributed by atoms with E-state index in [-0.39, 0.29) is 6.10 Å². The maximum absolute atomic E-state index is 10.3. The Morgan fingerprint density at radius 2 is 1.92 bits per heavy atom. The summed E-state index contributed by atoms with van der Waals surface area (Å²) in [5.74, 6) is 3.52. The third-order valence-electron chi connectivity index (χ3n) is 4.60. The van der Waals surface area contributed by atoms with Crippen molar-refractivity contribution in [3.63, 3.8) is 0 Å². The Labute approximate surface area is 78.6 Å². The van der Waals surface area contributed by atoms with Crippen LogP contribution in [-0.2, 0) is 9.53 Å². The lowest BCUT2D eigenvalue weighted by Gasteiger charge is -2.30. The van der Waals surface area contributed by atoms with Gasteiger partial charge in [0.1, 0.15) is 6.10 Å². The second-order valence-electron chi connectivity index (χ2n) is 4.92. The molecule has 0 aromatic carbocycles. The summed E-state index contributed by atoms with van der Waals surface area (Å²) < 4.78 is 5.16. The van der Waals surface area contributed by atoms with Crippen molar-refractivity contribution in [2.75, 3.05) is 0 Å². The quantitative estimate of drug-likeness (QED) is 0.607. The molecule has 5 unspecified atom stereocenters. The van der Waals surface area contributed by atoms with Gasteiger partial charge < -0.3 is 4.74 Å². The Morgan fingerprint density at radius 1 is 1.08 bits per heavy atom. The molecule has 0 radical (unpaired) electrons. The molecule has 3 rings (SSSR count). The lowest BCUT2D eigenvalue weighted by molar-refractivity contribution is -0.137. The predicted octanol–water partition coefficient (Wildman–Crippen LogP) is 1.98. The van der Waals surface area contributed by atoms with Crippen molar-refractivity contribution in [3.05, 3.63) is 0 Å². The topological polar surface area (TPSA) is 26.3 Å². The molecular weight excluding hydrogens is 164 g/mol. The summed E-state index contributed by atoms with van der Waals surface area (Å²) in [7, 11) is 0. The van der Waals surface area contributed by atoms with Gasteiger partial charge in [0.15, 0.2) is 0 Å². The highest BCUT2D eigenvalue weighted by Crippen LogP contribution is 2.59. The van der Waals surface area contributed by atoms with E-state index in [1.165, 1.54) is 25.7 Å². The van der Waals surface area contributed by atoms with E-state index in [1.807, 2.05) is 0 Å². The lowest BCUT2D eigenvalue weighted by atomic mass is 9.80. The Balaban J connectivity index is 1.77. The highest BCUT2D eigenvalue weighted by Gasteiger charge is 2.54. The fraction of sp³-hybridized carbons (Fsp3) is 0.909. The van der Waals surface area contributed by atoms with Crippen LogP contribution < -0.4 is 0 Å². The van der Waals surface area contributed by atoms with Crippen LogP contribution in [0.5, 0.6) is 0 Å². The Morgan fingerprint density at radius 3 is 2.77 bits per heavy atom. The molecule has 0 heterocycles. The molecule has 0 aromatic rings. The molecule has 13 heavy (non-hydrogen) atoms. The van der Waals surface area contributed by atoms with Crippen molar-refractivity contribution in [1.29, 1.82) is 0 Å². The van der Waals surface area contributed by atoms with Crippen LogP contribution in [0.4, 0.5) is 0 Å². The number of carbonyl (C=O) groups excluding carboxylic acids is 1. The molecule has 5 atom stereocenters. The van der Waals surface area contributed by atoms with E-state index in [0.29, 0.717) is 6.47 Å². The van der Waals surface area contributed by atoms with Gasteiger partial charge in [-0.15, -0.1) is 0 Å². The number of fused-ring (bicyclic) bond motifs is 5. The van der Waals surface area contributed by atoms with Crippen molar-refractivity contribution >= 4 is 6.47 Å². The van der Waals surface area contributed by atoms with Gasteiger partial charge in [0.05, 0.1) is 0 Å². The van der Waals surface area contributed by atoms with Gasteiger partial charge in [0.25, 0.3) is 6.47 Å². The summed E-state index contributed by atoms with van der Waals surface area (Å²) in [6, 6.07) is 0. The summed E-state index contributed by atoms with van der Waals surface area (Å²) in [4.78, 5) is 10.3. The summed E-state index contributed by atoms with van der Waals surface area (Å²) in [6.07, 6.45) is 7.03. The van der Waals surface area contributed by atoms with Crippen LogP contribution in [0, 0.1) is 23.7 Å². The number of ether oxygens (including phenoxy) is 1. The highest BCUT2D eigenvalue weighted by atomic mass is 16.5. The summed E-state index contributed by atoms with van der Waals surface area (Å²) in [6.45, 7) is 0.648. The first-order valence-corrected chi connectivity index (χ1v) is 5.49. The molecule has 0 aliphatic heterocycles. The van der Waals surface area contributed by atoms with Crippen LogP contribution >= 0.6 is 0 Å². The molecule has 3 saturated carbocycles. The van der Waals surface area contributed by atoms with Crippen molar-refractivity contribution in [2.45, 2.75) is 38.2 Å². The minimum Gasteiger partial charge on any atom is -0.464 e. The second kappa shape index (κ2) is 2.73. The fourth-order valence-electron chi connectivity index (χ4n) is 4.23. The zero-order valence-corrected chi connectivity index (χ0v) is 7.82. The first-order chi connectivity index (χ1) is 6.40. The third-order valence-corrected chi connectivity index (χ3v) is 4.60. The zero-order chi connectivity index (χ0) is 8.84. The van der Waals surface area contributed by atoms with Gasteiger partial charge in [-0.25, -0.2) is 0 Å². The van der Waals surface area contributed by atoms with Crippen molar-refractivity contribution in [1.82, 2.24) is 0 Å². The van der Waals surface area contributed by atoms with Crippen LogP contribution in [0.3, 0.4) is 0 Å². The monoisotopic (exact) mass is 180 g/mol. The summed E-state index contributed by atoms with van der Waals surface area (Å²) in [5, 5.41) is 0. The molecule has 2 nitrogen and oxygen atoms in total. The van der Waals surface area contributed by atoms with E-state index in [0.717, 1.165) is 30.1 Å². The maximum Gasteiger partial charge on any atom is 0.293 e. The first-order valence-electron chi connectivity index (χ1n) is 5.49. The molecule has 3 aliphatic rings. The maximum atomic E-state index is 10.3. The van der Waals surface area contributed by atoms with Crippen molar-refractivity contribution in [3.8, 4) is 0 Å². The Kier molecular flexibility index (Phi) is 1.64. The van der Waals surface area contributed by atoms with Gasteiger partial charge >= 0.3 is 0 Å². The molecule has 0 saturated heterocycles. The molecule has 3 fully saturated rings. The van der Waals surface area contributed by atoms with Gasteiger partial charge in [-0.1, -0.05) is 6.42 Å². The molecule has 0 N–H and O–H groups in total. The molecule has 2 heteroatoms. The second-order valence-corrected chi connectivity index (χ2v) is 4.92. The Bertz CT molecular complexity index is 226. The SMILES string of the molecule is O=COC1CC2CC1C1CCCC21. The smallest absolute Gasteiger partial charge is 0.293 e. The number of rotatable bonds is 2. The Hall–Kier alpha value is -0.530. The normalized spacial score (nSPS) is 52.2. The third kappa shape index (κ3) is 0.976. The first kappa shape index (κ1) is 7.84. The summed E-state index contributed by atoms with van der Waals surface area (Å²) in [5.41, 5.74) is 0. The van der Waals surface area contributed by atoms with E-state index in [1.54, 1.807) is 0 Å². The summed E-state index contributed by atoms with van der Waals surface area (Å²) >= 11 is 0. The predicted molar refractivity (Wildman–Crippen MR) is 48.0 cm³/mol. The molecule has 0 spiro atoms. The number of hydrogen-bond acceptors (Lipinski definition) is 2. The standard InChI is InChI=1S/C11H16O2/c12-6-13-11-5-7-4-10(11)9-3-1-2-8(7)9/h6-11H,1-5H2. The number of hydrogen-bond donors (Lipinski definition) is 0. The van der Waals surface area contributed by atoms with Gasteiger partial charge in [0, 0.05) is 0 Å². The fourth-order valence-corrected chi connectivity index (χ4v) is 4.23. The van der Waals surface area contributed by atoms with Gasteiger partial charge in [-0.05, 0) is 49.4 Å². The van der Waals surface area contributed by atoms with Crippen molar-refractivity contribution < 1.29 is 9.53 Å². The molecule has 0 aromatic heterocycles. The average Bonchev–Trinajstić information content (AvgIpc) is 2.72. The van der Waals surface area contributed by atoms with E-state index in [2.05, 4.69) is 0 Å². The zero-order valence-electron chi connectivity index (χ0n) is 7.82. The largest absolute Gasteiger partial charge is 0.464 e. The van der Waals surface area contributed by atoms with Crippen LogP contribution in [0.1, 0.15) is 32.1 Å². The molecular formula is C11H16O2. The van der Waals surface area contributed by atoms with Gasteiger partial charge in [-0.3, -0.25) is 4.79 Å². The van der Waals surface area contributed by atoms with Crippen LogP contribution in [-0.4, -0.2) is 12.6 Å². The van der Waals surface area contributed by atoms with E-state index in [9.17, 15) is 4.79 Å². The average molecular weight is 180 g/mol. The van der Waals surface area contributed by atoms with E-state index >= 15 is 0 Å². The van der Waals surface area contributed by atoms with Crippen LogP contribution in [0.2, 0.25) is 0 Å². The molecule has 72 valence electrons. The lowest BCUT2D eigenvalue weighted by Crippen LogP contribution is -2.29. The van der Waals surface area contributed by atoms with Crippen LogP contribution in [0.25, 0.3) is 0 Å². The van der Waals surface area contributed by atoms with Crippen LogP contribution in [0.15, 0.2) is 0 Å². The number of carbonyl (C=O) groups is 1.